The Hall–Kier alpha value is -2.13. The number of benzene rings is 2. The average molecular weight is 497 g/mol. The first-order valence-corrected chi connectivity index (χ1v) is 11.2. The molecule has 0 spiro atoms. The summed E-state index contributed by atoms with van der Waals surface area (Å²) in [5.74, 6) is -1.24. The van der Waals surface area contributed by atoms with Crippen molar-refractivity contribution < 1.29 is 23.1 Å². The number of cyclic esters (lactones) is 1. The Bertz CT molecular complexity index is 1250. The Morgan fingerprint density at radius 2 is 1.93 bits per heavy atom. The van der Waals surface area contributed by atoms with Gasteiger partial charge in [0.05, 0.1) is 22.4 Å². The number of fused-ring (bicyclic) bond motifs is 1. The van der Waals surface area contributed by atoms with Gasteiger partial charge in [-0.05, 0) is 42.5 Å². The maximum atomic E-state index is 13.3. The molecule has 1 aliphatic heterocycles. The number of nitrogens with zero attached hydrogens (tertiary/aromatic N) is 1. The van der Waals surface area contributed by atoms with E-state index in [0.717, 1.165) is 8.45 Å². The minimum atomic E-state index is -3.93. The van der Waals surface area contributed by atoms with Gasteiger partial charge in [0.2, 0.25) is 0 Å². The van der Waals surface area contributed by atoms with Crippen molar-refractivity contribution >= 4 is 54.4 Å². The Balaban J connectivity index is 1.90. The van der Waals surface area contributed by atoms with Crippen molar-refractivity contribution in [3.8, 4) is 0 Å². The van der Waals surface area contributed by atoms with Crippen molar-refractivity contribution in [1.29, 1.82) is 0 Å². The Labute approximate surface area is 180 Å². The molecule has 29 heavy (non-hydrogen) atoms. The number of aromatic nitrogens is 1. The highest BCUT2D eigenvalue weighted by atomic mass is 79.9. The van der Waals surface area contributed by atoms with Crippen LogP contribution in [0.4, 0.5) is 0 Å². The molecule has 0 radical (unpaired) electrons. The van der Waals surface area contributed by atoms with Gasteiger partial charge in [0.15, 0.2) is 0 Å². The molecule has 2 atom stereocenters. The lowest BCUT2D eigenvalue weighted by Crippen LogP contribution is -2.15. The zero-order valence-electron chi connectivity index (χ0n) is 14.9. The van der Waals surface area contributed by atoms with Crippen LogP contribution in [0.5, 0.6) is 0 Å². The molecule has 0 bridgehead atoms. The van der Waals surface area contributed by atoms with Crippen LogP contribution in [0.25, 0.3) is 10.9 Å². The fraction of sp³-hybridized carbons (Fsp3) is 0.150. The van der Waals surface area contributed by atoms with Crippen molar-refractivity contribution in [3.63, 3.8) is 0 Å². The van der Waals surface area contributed by atoms with Gasteiger partial charge >= 0.3 is 5.97 Å². The minimum absolute atomic E-state index is 0.0223. The van der Waals surface area contributed by atoms with Gasteiger partial charge in [0.25, 0.3) is 10.0 Å². The number of esters is 1. The highest BCUT2D eigenvalue weighted by Gasteiger charge is 2.37. The fourth-order valence-corrected chi connectivity index (χ4v) is 5.17. The van der Waals surface area contributed by atoms with Crippen LogP contribution in [-0.2, 0) is 19.6 Å². The van der Waals surface area contributed by atoms with Crippen LogP contribution in [0.15, 0.2) is 70.2 Å². The summed E-state index contributed by atoms with van der Waals surface area (Å²) in [6.07, 6.45) is 0.176. The van der Waals surface area contributed by atoms with Crippen molar-refractivity contribution in [3.05, 3.63) is 75.9 Å². The predicted molar refractivity (Wildman–Crippen MR) is 112 cm³/mol. The zero-order valence-corrected chi connectivity index (χ0v) is 18.0. The van der Waals surface area contributed by atoms with E-state index in [1.54, 1.807) is 30.3 Å². The molecule has 0 saturated carbocycles. The summed E-state index contributed by atoms with van der Waals surface area (Å²) in [6.45, 7) is 3.66. The molecule has 0 aliphatic carbocycles. The van der Waals surface area contributed by atoms with E-state index in [9.17, 15) is 18.3 Å². The summed E-state index contributed by atoms with van der Waals surface area (Å²) in [7, 11) is -3.93. The van der Waals surface area contributed by atoms with Gasteiger partial charge < -0.3 is 9.84 Å². The average Bonchev–Trinajstić information content (AvgIpc) is 3.22. The number of hydrogen-bond donors (Lipinski definition) is 1. The normalized spacial score (nSPS) is 18.2. The third kappa shape index (κ3) is 3.40. The molecule has 9 heteroatoms. The number of rotatable bonds is 4. The molecule has 4 rings (SSSR count). The topological polar surface area (TPSA) is 85.6 Å². The summed E-state index contributed by atoms with van der Waals surface area (Å²) in [6, 6.07) is 11.0. The smallest absolute Gasteiger partial charge is 0.333 e. The van der Waals surface area contributed by atoms with Crippen molar-refractivity contribution in [2.24, 2.45) is 5.92 Å². The molecule has 2 unspecified atom stereocenters. The molecule has 2 aromatic carbocycles. The van der Waals surface area contributed by atoms with Crippen LogP contribution < -0.4 is 0 Å². The predicted octanol–water partition coefficient (Wildman–Crippen LogP) is 4.06. The monoisotopic (exact) mass is 495 g/mol. The molecule has 1 aliphatic rings. The summed E-state index contributed by atoms with van der Waals surface area (Å²) in [5, 5.41) is 11.8. The van der Waals surface area contributed by atoms with Gasteiger partial charge in [0.1, 0.15) is 6.61 Å². The van der Waals surface area contributed by atoms with Crippen LogP contribution >= 0.6 is 27.5 Å². The second-order valence-electron chi connectivity index (χ2n) is 6.68. The molecule has 1 saturated heterocycles. The molecular formula is C20H15BrClNO5S. The van der Waals surface area contributed by atoms with Crippen LogP contribution in [0.2, 0.25) is 5.02 Å². The van der Waals surface area contributed by atoms with Gasteiger partial charge in [-0.3, -0.25) is 0 Å². The number of aliphatic hydroxyl groups excluding tert-OH is 1. The van der Waals surface area contributed by atoms with Crippen molar-refractivity contribution in [2.75, 3.05) is 6.61 Å². The standard InChI is InChI=1S/C20H15BrClNO5S/c1-11-17(10-28-20(11)25)19(24)16-9-23(18-7-4-13(22)8-15(16)18)29(26,27)14-5-2-12(21)3-6-14/h2-9,17,19,24H,1,10H2. The lowest BCUT2D eigenvalue weighted by atomic mass is 9.92. The minimum Gasteiger partial charge on any atom is -0.462 e. The van der Waals surface area contributed by atoms with E-state index in [1.165, 1.54) is 18.3 Å². The lowest BCUT2D eigenvalue weighted by molar-refractivity contribution is -0.135. The summed E-state index contributed by atoms with van der Waals surface area (Å²) in [4.78, 5) is 11.8. The summed E-state index contributed by atoms with van der Waals surface area (Å²) >= 11 is 9.41. The third-order valence-corrected chi connectivity index (χ3v) is 7.39. The zero-order chi connectivity index (χ0) is 20.9. The second-order valence-corrected chi connectivity index (χ2v) is 9.84. The maximum Gasteiger partial charge on any atom is 0.333 e. The Morgan fingerprint density at radius 1 is 1.24 bits per heavy atom. The van der Waals surface area contributed by atoms with Gasteiger partial charge in [-0.25, -0.2) is 17.2 Å². The van der Waals surface area contributed by atoms with E-state index in [4.69, 9.17) is 16.3 Å². The highest BCUT2D eigenvalue weighted by molar-refractivity contribution is 9.10. The molecule has 1 fully saturated rings. The first kappa shape index (κ1) is 20.2. The number of hydrogen-bond acceptors (Lipinski definition) is 5. The van der Waals surface area contributed by atoms with Gasteiger partial charge in [-0.1, -0.05) is 34.1 Å². The van der Waals surface area contributed by atoms with Gasteiger partial charge in [-0.15, -0.1) is 0 Å². The number of ether oxygens (including phenoxy) is 1. The number of aliphatic hydroxyl groups is 1. The number of carbonyl (C=O) groups excluding carboxylic acids is 1. The van der Waals surface area contributed by atoms with E-state index < -0.39 is 28.0 Å². The molecule has 2 heterocycles. The Kier molecular flexibility index (Phi) is 5.06. The molecule has 0 amide bonds. The molecule has 6 nitrogen and oxygen atoms in total. The SMILES string of the molecule is C=C1C(=O)OCC1C(O)c1cn(S(=O)(=O)c2ccc(Br)cc2)c2ccc(Cl)cc12. The summed E-state index contributed by atoms with van der Waals surface area (Å²) in [5.41, 5.74) is 0.839. The molecule has 150 valence electrons. The number of halogens is 2. The first-order chi connectivity index (χ1) is 13.7. The largest absolute Gasteiger partial charge is 0.462 e. The number of carbonyl (C=O) groups is 1. The van der Waals surface area contributed by atoms with E-state index in [1.807, 2.05) is 0 Å². The lowest BCUT2D eigenvalue weighted by Gasteiger charge is -2.15. The molecule has 1 aromatic heterocycles. The van der Waals surface area contributed by atoms with Crippen molar-refractivity contribution in [2.45, 2.75) is 11.0 Å². The summed E-state index contributed by atoms with van der Waals surface area (Å²) < 4.78 is 33.3. The molecule has 3 aromatic rings. The molecular weight excluding hydrogens is 482 g/mol. The van der Waals surface area contributed by atoms with Crippen molar-refractivity contribution in [1.82, 2.24) is 3.97 Å². The fourth-order valence-electron chi connectivity index (χ4n) is 3.36. The van der Waals surface area contributed by atoms with Crippen LogP contribution in [-0.4, -0.2) is 30.1 Å². The van der Waals surface area contributed by atoms with Crippen LogP contribution in [0, 0.1) is 5.92 Å². The Morgan fingerprint density at radius 3 is 2.55 bits per heavy atom. The van der Waals surface area contributed by atoms with Crippen LogP contribution in [0.3, 0.4) is 0 Å². The van der Waals surface area contributed by atoms with E-state index in [-0.39, 0.29) is 17.1 Å². The van der Waals surface area contributed by atoms with E-state index >= 15 is 0 Å². The first-order valence-electron chi connectivity index (χ1n) is 8.56. The molecule has 1 N–H and O–H groups in total. The quantitative estimate of drug-likeness (QED) is 0.435. The maximum absolute atomic E-state index is 13.3. The second kappa shape index (κ2) is 7.28. The third-order valence-electron chi connectivity index (χ3n) is 4.94. The van der Waals surface area contributed by atoms with Crippen LogP contribution in [0.1, 0.15) is 11.7 Å². The van der Waals surface area contributed by atoms with E-state index in [0.29, 0.717) is 21.5 Å². The van der Waals surface area contributed by atoms with Gasteiger partial charge in [0, 0.05) is 32.2 Å². The van der Waals surface area contributed by atoms with E-state index in [2.05, 4.69) is 22.5 Å². The van der Waals surface area contributed by atoms with Gasteiger partial charge in [-0.2, -0.15) is 0 Å². The highest BCUT2D eigenvalue weighted by Crippen LogP contribution is 2.38.